The van der Waals surface area contributed by atoms with Crippen LogP contribution < -0.4 is 4.90 Å². The van der Waals surface area contributed by atoms with Crippen LogP contribution in [0.15, 0.2) is 48.0 Å². The Kier molecular flexibility index (Phi) is 2.97. The number of morpholine rings is 1. The first-order valence-corrected chi connectivity index (χ1v) is 9.03. The van der Waals surface area contributed by atoms with E-state index in [0.29, 0.717) is 0 Å². The Hall–Kier alpha value is -1.91. The molecule has 2 aliphatic rings. The second-order valence-electron chi connectivity index (χ2n) is 6.39. The summed E-state index contributed by atoms with van der Waals surface area (Å²) in [5, 5.41) is 2.13. The van der Waals surface area contributed by atoms with Gasteiger partial charge in [-0.2, -0.15) is 0 Å². The van der Waals surface area contributed by atoms with Gasteiger partial charge in [0.25, 0.3) is 0 Å². The molecule has 1 spiro atoms. The first kappa shape index (κ1) is 13.5. The zero-order valence-corrected chi connectivity index (χ0v) is 13.7. The molecule has 23 heavy (non-hydrogen) atoms. The minimum absolute atomic E-state index is 0.137. The summed E-state index contributed by atoms with van der Waals surface area (Å²) < 4.78 is 7.63. The molecule has 0 N–H and O–H groups in total. The third-order valence-corrected chi connectivity index (χ3v) is 6.08. The maximum atomic E-state index is 6.34. The molecule has 3 nitrogen and oxygen atoms in total. The summed E-state index contributed by atoms with van der Waals surface area (Å²) in [6, 6.07) is 13.0. The predicted octanol–water partition coefficient (Wildman–Crippen LogP) is 3.97. The van der Waals surface area contributed by atoms with Crippen LogP contribution in [-0.4, -0.2) is 24.7 Å². The number of hydrogen-bond acceptors (Lipinski definition) is 4. The summed E-state index contributed by atoms with van der Waals surface area (Å²) >= 11 is 1.78. The molecule has 1 saturated heterocycles. The van der Waals surface area contributed by atoms with Crippen LogP contribution in [0, 0.1) is 0 Å². The van der Waals surface area contributed by atoms with Gasteiger partial charge in [0.1, 0.15) is 5.60 Å². The minimum Gasteiger partial charge on any atom is -0.367 e. The molecular weight excluding hydrogens is 304 g/mol. The van der Waals surface area contributed by atoms with E-state index in [0.717, 1.165) is 38.1 Å². The molecule has 1 unspecified atom stereocenters. The van der Waals surface area contributed by atoms with Crippen molar-refractivity contribution >= 4 is 27.2 Å². The molecule has 3 heterocycles. The fourth-order valence-corrected chi connectivity index (χ4v) is 4.96. The molecule has 0 amide bonds. The number of fused-ring (bicyclic) bond motifs is 3. The van der Waals surface area contributed by atoms with Crippen LogP contribution in [0.5, 0.6) is 0 Å². The molecule has 1 aromatic carbocycles. The summed E-state index contributed by atoms with van der Waals surface area (Å²) in [5.74, 6) is 0. The second kappa shape index (κ2) is 5.05. The van der Waals surface area contributed by atoms with E-state index in [9.17, 15) is 0 Å². The van der Waals surface area contributed by atoms with Crippen molar-refractivity contribution in [1.82, 2.24) is 4.98 Å². The van der Waals surface area contributed by atoms with Crippen LogP contribution in [0.3, 0.4) is 0 Å². The lowest BCUT2D eigenvalue weighted by Gasteiger charge is -2.42. The van der Waals surface area contributed by atoms with Gasteiger partial charge in [-0.3, -0.25) is 4.98 Å². The van der Waals surface area contributed by atoms with E-state index < -0.39 is 0 Å². The number of aromatic nitrogens is 1. The highest BCUT2D eigenvalue weighted by Crippen LogP contribution is 2.43. The van der Waals surface area contributed by atoms with Crippen LogP contribution in [0.4, 0.5) is 5.69 Å². The molecule has 4 heteroatoms. The van der Waals surface area contributed by atoms with Crippen LogP contribution in [-0.2, 0) is 16.8 Å². The highest BCUT2D eigenvalue weighted by atomic mass is 32.1. The quantitative estimate of drug-likeness (QED) is 0.678. The van der Waals surface area contributed by atoms with Crippen molar-refractivity contribution in [2.75, 3.05) is 24.6 Å². The SMILES string of the molecule is c1ccc2c(c1)CCC21CN(c2ccnc3ccsc23)CCO1. The maximum absolute atomic E-state index is 6.34. The standard InChI is InChI=1S/C19H18N2OS/c1-2-4-15-14(3-1)5-8-19(15)13-21(10-11-22-19)17-6-9-20-16-7-12-23-18(16)17/h1-4,6-7,9,12H,5,8,10-11,13H2. The molecule has 0 saturated carbocycles. The number of rotatable bonds is 1. The number of thiophene rings is 1. The maximum Gasteiger partial charge on any atom is 0.111 e. The van der Waals surface area contributed by atoms with Gasteiger partial charge >= 0.3 is 0 Å². The molecule has 1 aliphatic carbocycles. The topological polar surface area (TPSA) is 25.4 Å². The lowest BCUT2D eigenvalue weighted by atomic mass is 9.93. The number of pyridine rings is 1. The Labute approximate surface area is 139 Å². The van der Waals surface area contributed by atoms with Crippen molar-refractivity contribution < 1.29 is 4.74 Å². The van der Waals surface area contributed by atoms with E-state index in [2.05, 4.69) is 51.7 Å². The van der Waals surface area contributed by atoms with E-state index in [-0.39, 0.29) is 5.60 Å². The third-order valence-electron chi connectivity index (χ3n) is 5.16. The Bertz CT molecular complexity index is 870. The van der Waals surface area contributed by atoms with E-state index in [1.54, 1.807) is 11.3 Å². The Morgan fingerprint density at radius 3 is 3.13 bits per heavy atom. The Morgan fingerprint density at radius 2 is 2.13 bits per heavy atom. The molecule has 5 rings (SSSR count). The predicted molar refractivity (Wildman–Crippen MR) is 94.2 cm³/mol. The highest BCUT2D eigenvalue weighted by Gasteiger charge is 2.43. The Morgan fingerprint density at radius 1 is 1.17 bits per heavy atom. The van der Waals surface area contributed by atoms with E-state index in [1.165, 1.54) is 21.5 Å². The van der Waals surface area contributed by atoms with Gasteiger partial charge in [-0.1, -0.05) is 24.3 Å². The van der Waals surface area contributed by atoms with Crippen molar-refractivity contribution in [2.24, 2.45) is 0 Å². The Balaban J connectivity index is 1.56. The lowest BCUT2D eigenvalue weighted by Crippen LogP contribution is -2.49. The van der Waals surface area contributed by atoms with Gasteiger partial charge in [0.2, 0.25) is 0 Å². The molecule has 1 fully saturated rings. The number of benzene rings is 1. The molecule has 2 aromatic heterocycles. The number of aryl methyl sites for hydroxylation is 1. The van der Waals surface area contributed by atoms with Crippen molar-refractivity contribution in [3.8, 4) is 0 Å². The fourth-order valence-electron chi connectivity index (χ4n) is 4.07. The summed E-state index contributed by atoms with van der Waals surface area (Å²) in [5.41, 5.74) is 5.10. The molecular formula is C19H18N2OS. The van der Waals surface area contributed by atoms with Crippen LogP contribution in [0.2, 0.25) is 0 Å². The number of hydrogen-bond donors (Lipinski definition) is 0. The van der Waals surface area contributed by atoms with Gasteiger partial charge in [-0.05, 0) is 41.5 Å². The summed E-state index contributed by atoms with van der Waals surface area (Å²) in [4.78, 5) is 6.97. The summed E-state index contributed by atoms with van der Waals surface area (Å²) in [6.07, 6.45) is 4.13. The first-order valence-electron chi connectivity index (χ1n) is 8.15. The van der Waals surface area contributed by atoms with E-state index in [1.807, 2.05) is 6.20 Å². The van der Waals surface area contributed by atoms with E-state index in [4.69, 9.17) is 4.74 Å². The van der Waals surface area contributed by atoms with Crippen molar-refractivity contribution in [3.63, 3.8) is 0 Å². The van der Waals surface area contributed by atoms with E-state index >= 15 is 0 Å². The van der Waals surface area contributed by atoms with Crippen LogP contribution in [0.25, 0.3) is 10.2 Å². The number of anilines is 1. The largest absolute Gasteiger partial charge is 0.367 e. The second-order valence-corrected chi connectivity index (χ2v) is 7.30. The van der Waals surface area contributed by atoms with Gasteiger partial charge in [0.15, 0.2) is 0 Å². The highest BCUT2D eigenvalue weighted by molar-refractivity contribution is 7.17. The summed E-state index contributed by atoms with van der Waals surface area (Å²) in [7, 11) is 0. The van der Waals surface area contributed by atoms with Gasteiger partial charge in [-0.25, -0.2) is 0 Å². The normalized spacial score (nSPS) is 23.6. The third kappa shape index (κ3) is 2.02. The van der Waals surface area contributed by atoms with Crippen molar-refractivity contribution in [1.29, 1.82) is 0 Å². The minimum atomic E-state index is -0.137. The average molecular weight is 322 g/mol. The monoisotopic (exact) mass is 322 g/mol. The number of ether oxygens (including phenoxy) is 1. The average Bonchev–Trinajstić information content (AvgIpc) is 3.21. The smallest absolute Gasteiger partial charge is 0.111 e. The lowest BCUT2D eigenvalue weighted by molar-refractivity contribution is -0.0591. The fraction of sp³-hybridized carbons (Fsp3) is 0.316. The van der Waals surface area contributed by atoms with Crippen molar-refractivity contribution in [3.05, 3.63) is 59.1 Å². The molecule has 1 aliphatic heterocycles. The molecule has 1 atom stereocenters. The van der Waals surface area contributed by atoms with Gasteiger partial charge in [0.05, 0.1) is 29.1 Å². The zero-order chi connectivity index (χ0) is 15.3. The van der Waals surface area contributed by atoms with Crippen LogP contribution in [0.1, 0.15) is 17.5 Å². The molecule has 116 valence electrons. The summed E-state index contributed by atoms with van der Waals surface area (Å²) in [6.45, 7) is 2.66. The molecule has 0 radical (unpaired) electrons. The first-order chi connectivity index (χ1) is 11.4. The zero-order valence-electron chi connectivity index (χ0n) is 12.9. The van der Waals surface area contributed by atoms with Crippen molar-refractivity contribution in [2.45, 2.75) is 18.4 Å². The number of nitrogens with zero attached hydrogens (tertiary/aromatic N) is 2. The molecule has 3 aromatic rings. The van der Waals surface area contributed by atoms with Gasteiger partial charge in [-0.15, -0.1) is 11.3 Å². The van der Waals surface area contributed by atoms with Crippen LogP contribution >= 0.6 is 11.3 Å². The van der Waals surface area contributed by atoms with Gasteiger partial charge in [0, 0.05) is 12.7 Å². The molecule has 0 bridgehead atoms. The van der Waals surface area contributed by atoms with Gasteiger partial charge < -0.3 is 9.64 Å².